The van der Waals surface area contributed by atoms with Crippen molar-refractivity contribution in [3.05, 3.63) is 23.8 Å². The zero-order valence-corrected chi connectivity index (χ0v) is 14.8. The first kappa shape index (κ1) is 19.4. The van der Waals surface area contributed by atoms with Crippen LogP contribution in [0.3, 0.4) is 0 Å². The molecule has 0 spiro atoms. The molecule has 0 atom stereocenters. The third kappa shape index (κ3) is 5.81. The number of ether oxygens (including phenoxy) is 1. The molecular weight excluding hydrogens is 318 g/mol. The first-order chi connectivity index (χ1) is 10.8. The molecule has 0 unspecified atom stereocenters. The van der Waals surface area contributed by atoms with E-state index in [1.165, 1.54) is 19.2 Å². The maximum absolute atomic E-state index is 12.4. The summed E-state index contributed by atoms with van der Waals surface area (Å²) in [6.45, 7) is 4.75. The lowest BCUT2D eigenvalue weighted by atomic mass is 10.2. The third-order valence-electron chi connectivity index (χ3n) is 3.00. The van der Waals surface area contributed by atoms with Gasteiger partial charge in [0.2, 0.25) is 10.0 Å². The summed E-state index contributed by atoms with van der Waals surface area (Å²) in [6.07, 6.45) is 0.790. The maximum Gasteiger partial charge on any atom is 0.251 e. The van der Waals surface area contributed by atoms with Gasteiger partial charge >= 0.3 is 0 Å². The Labute approximate surface area is 137 Å². The van der Waals surface area contributed by atoms with Gasteiger partial charge in [0.05, 0.1) is 7.11 Å². The molecule has 0 aliphatic rings. The number of methoxy groups -OCH3 is 1. The number of amides is 1. The van der Waals surface area contributed by atoms with Crippen LogP contribution in [0.1, 0.15) is 30.6 Å². The Morgan fingerprint density at radius 2 is 1.96 bits per heavy atom. The molecule has 1 aromatic rings. The predicted molar refractivity (Wildman–Crippen MR) is 89.3 cm³/mol. The first-order valence-corrected chi connectivity index (χ1v) is 8.93. The molecular formula is C15H25N3O4S. The molecule has 0 bridgehead atoms. The van der Waals surface area contributed by atoms with Crippen LogP contribution >= 0.6 is 0 Å². The summed E-state index contributed by atoms with van der Waals surface area (Å²) < 4.78 is 32.3. The lowest BCUT2D eigenvalue weighted by Gasteiger charge is -2.14. The van der Waals surface area contributed by atoms with Crippen molar-refractivity contribution in [1.29, 1.82) is 0 Å². The molecule has 0 radical (unpaired) electrons. The minimum atomic E-state index is -3.75. The normalized spacial score (nSPS) is 11.5. The highest BCUT2D eigenvalue weighted by Gasteiger charge is 2.22. The van der Waals surface area contributed by atoms with E-state index in [0.717, 1.165) is 13.0 Å². The predicted octanol–water partition coefficient (Wildman–Crippen LogP) is 0.721. The molecule has 8 heteroatoms. The Morgan fingerprint density at radius 3 is 2.52 bits per heavy atom. The second-order valence-electron chi connectivity index (χ2n) is 5.35. The Morgan fingerprint density at radius 1 is 1.26 bits per heavy atom. The molecule has 23 heavy (non-hydrogen) atoms. The standard InChI is InChI=1S/C15H25N3O4S/c1-11(2)18-23(20,21)14-10-12(6-7-13(14)22-4)15(19)17-9-5-8-16-3/h6-7,10-11,16,18H,5,8-9H2,1-4H3,(H,17,19). The van der Waals surface area contributed by atoms with Crippen molar-refractivity contribution in [3.8, 4) is 5.75 Å². The van der Waals surface area contributed by atoms with Gasteiger partial charge in [-0.15, -0.1) is 0 Å². The van der Waals surface area contributed by atoms with E-state index in [1.54, 1.807) is 19.9 Å². The first-order valence-electron chi connectivity index (χ1n) is 7.45. The van der Waals surface area contributed by atoms with Crippen LogP contribution in [-0.4, -0.2) is 47.6 Å². The summed E-state index contributed by atoms with van der Waals surface area (Å²) in [5.74, 6) is -0.116. The van der Waals surface area contributed by atoms with Crippen LogP contribution in [0.5, 0.6) is 5.75 Å². The van der Waals surface area contributed by atoms with Gasteiger partial charge < -0.3 is 15.4 Å². The summed E-state index contributed by atoms with van der Waals surface area (Å²) in [7, 11) is -0.525. The fourth-order valence-electron chi connectivity index (χ4n) is 1.97. The summed E-state index contributed by atoms with van der Waals surface area (Å²) in [4.78, 5) is 12.1. The van der Waals surface area contributed by atoms with Crippen LogP contribution < -0.4 is 20.1 Å². The number of carbonyl (C=O) groups is 1. The number of rotatable bonds is 9. The Bertz CT molecular complexity index is 630. The largest absolute Gasteiger partial charge is 0.495 e. The average Bonchev–Trinajstić information content (AvgIpc) is 2.49. The summed E-state index contributed by atoms with van der Waals surface area (Å²) in [5.41, 5.74) is 0.277. The molecule has 0 fully saturated rings. The van der Waals surface area contributed by atoms with E-state index in [1.807, 2.05) is 7.05 Å². The van der Waals surface area contributed by atoms with E-state index >= 15 is 0 Å². The van der Waals surface area contributed by atoms with Crippen LogP contribution in [0.2, 0.25) is 0 Å². The van der Waals surface area contributed by atoms with Gasteiger partial charge in [-0.3, -0.25) is 4.79 Å². The van der Waals surface area contributed by atoms with Crippen LogP contribution in [0, 0.1) is 0 Å². The lowest BCUT2D eigenvalue weighted by molar-refractivity contribution is 0.0953. The molecule has 0 aliphatic carbocycles. The van der Waals surface area contributed by atoms with Gasteiger partial charge in [0, 0.05) is 18.2 Å². The molecule has 0 heterocycles. The molecule has 1 aromatic carbocycles. The van der Waals surface area contributed by atoms with Gasteiger partial charge in [-0.05, 0) is 52.1 Å². The van der Waals surface area contributed by atoms with Crippen LogP contribution in [0.4, 0.5) is 0 Å². The van der Waals surface area contributed by atoms with Gasteiger partial charge in [0.1, 0.15) is 10.6 Å². The molecule has 130 valence electrons. The topological polar surface area (TPSA) is 96.5 Å². The zero-order valence-electron chi connectivity index (χ0n) is 14.0. The van der Waals surface area contributed by atoms with E-state index in [4.69, 9.17) is 4.74 Å². The van der Waals surface area contributed by atoms with Crippen molar-refractivity contribution < 1.29 is 17.9 Å². The van der Waals surface area contributed by atoms with Crippen molar-refractivity contribution in [2.45, 2.75) is 31.2 Å². The highest BCUT2D eigenvalue weighted by atomic mass is 32.2. The van der Waals surface area contributed by atoms with Gasteiger partial charge in [0.15, 0.2) is 0 Å². The summed E-state index contributed by atoms with van der Waals surface area (Å²) in [5, 5.41) is 5.74. The van der Waals surface area contributed by atoms with E-state index in [2.05, 4.69) is 15.4 Å². The number of nitrogens with one attached hydrogen (secondary N) is 3. The average molecular weight is 343 g/mol. The molecule has 1 amide bonds. The van der Waals surface area contributed by atoms with E-state index in [0.29, 0.717) is 6.54 Å². The molecule has 1 rings (SSSR count). The Balaban J connectivity index is 3.01. The van der Waals surface area contributed by atoms with Gasteiger partial charge in [0.25, 0.3) is 5.91 Å². The molecule has 7 nitrogen and oxygen atoms in total. The van der Waals surface area contributed by atoms with E-state index < -0.39 is 10.0 Å². The van der Waals surface area contributed by atoms with E-state index in [9.17, 15) is 13.2 Å². The smallest absolute Gasteiger partial charge is 0.251 e. The van der Waals surface area contributed by atoms with Crippen molar-refractivity contribution in [2.24, 2.45) is 0 Å². The molecule has 0 aromatic heterocycles. The minimum absolute atomic E-state index is 0.0448. The summed E-state index contributed by atoms with van der Waals surface area (Å²) >= 11 is 0. The quantitative estimate of drug-likeness (QED) is 0.574. The van der Waals surface area contributed by atoms with E-state index in [-0.39, 0.29) is 28.2 Å². The number of sulfonamides is 1. The molecule has 3 N–H and O–H groups in total. The molecule has 0 aliphatic heterocycles. The fraction of sp³-hybridized carbons (Fsp3) is 0.533. The number of hydrogen-bond donors (Lipinski definition) is 3. The number of carbonyl (C=O) groups excluding carboxylic acids is 1. The number of hydrogen-bond acceptors (Lipinski definition) is 5. The molecule has 0 saturated heterocycles. The highest BCUT2D eigenvalue weighted by Crippen LogP contribution is 2.25. The van der Waals surface area contributed by atoms with Gasteiger partial charge in [-0.25, -0.2) is 13.1 Å². The van der Waals surface area contributed by atoms with Crippen molar-refractivity contribution in [2.75, 3.05) is 27.2 Å². The number of benzene rings is 1. The monoisotopic (exact) mass is 343 g/mol. The highest BCUT2D eigenvalue weighted by molar-refractivity contribution is 7.89. The van der Waals surface area contributed by atoms with Crippen molar-refractivity contribution in [3.63, 3.8) is 0 Å². The summed E-state index contributed by atoms with van der Waals surface area (Å²) in [6, 6.07) is 4.10. The fourth-order valence-corrected chi connectivity index (χ4v) is 3.42. The minimum Gasteiger partial charge on any atom is -0.495 e. The SMILES string of the molecule is CNCCCNC(=O)c1ccc(OC)c(S(=O)(=O)NC(C)C)c1. The van der Waals surface area contributed by atoms with Crippen molar-refractivity contribution in [1.82, 2.24) is 15.4 Å². The van der Waals surface area contributed by atoms with Gasteiger partial charge in [-0.1, -0.05) is 0 Å². The van der Waals surface area contributed by atoms with Crippen molar-refractivity contribution >= 4 is 15.9 Å². The van der Waals surface area contributed by atoms with Crippen LogP contribution in [0.15, 0.2) is 23.1 Å². The van der Waals surface area contributed by atoms with Crippen LogP contribution in [-0.2, 0) is 10.0 Å². The second kappa shape index (κ2) is 8.85. The lowest BCUT2D eigenvalue weighted by Crippen LogP contribution is -2.31. The second-order valence-corrected chi connectivity index (χ2v) is 7.04. The van der Waals surface area contributed by atoms with Gasteiger partial charge in [-0.2, -0.15) is 0 Å². The zero-order chi connectivity index (χ0) is 17.5. The Kier molecular flexibility index (Phi) is 7.47. The Hall–Kier alpha value is -1.64. The maximum atomic E-state index is 12.4. The molecule has 0 saturated carbocycles. The van der Waals surface area contributed by atoms with Crippen LogP contribution in [0.25, 0.3) is 0 Å². The third-order valence-corrected chi connectivity index (χ3v) is 4.68.